The fourth-order valence-corrected chi connectivity index (χ4v) is 4.66. The van der Waals surface area contributed by atoms with Crippen LogP contribution in [0.5, 0.6) is 0 Å². The molecule has 0 aliphatic carbocycles. The molecule has 0 radical (unpaired) electrons. The number of aromatic nitrogens is 1. The van der Waals surface area contributed by atoms with E-state index in [-0.39, 0.29) is 22.4 Å². The van der Waals surface area contributed by atoms with Gasteiger partial charge in [-0.1, -0.05) is 36.4 Å². The van der Waals surface area contributed by atoms with Crippen LogP contribution in [0.25, 0.3) is 0 Å². The minimum Gasteiger partial charge on any atom is -0.356 e. The molecule has 0 fully saturated rings. The van der Waals surface area contributed by atoms with Gasteiger partial charge in [-0.2, -0.15) is 0 Å². The van der Waals surface area contributed by atoms with E-state index in [1.165, 1.54) is 10.6 Å². The first-order valence-electron chi connectivity index (χ1n) is 8.20. The van der Waals surface area contributed by atoms with Gasteiger partial charge in [-0.15, -0.1) is 0 Å². The van der Waals surface area contributed by atoms with E-state index in [1.807, 2.05) is 12.4 Å². The maximum absolute atomic E-state index is 8.25. The average Bonchev–Trinajstić information content (AvgIpc) is 2.70. The molecule has 10 nitrogen and oxygen atoms in total. The Hall–Kier alpha value is -3.04. The topological polar surface area (TPSA) is 159 Å². The summed E-state index contributed by atoms with van der Waals surface area (Å²) in [5.74, 6) is 0. The number of pyridine rings is 1. The van der Waals surface area contributed by atoms with Gasteiger partial charge in [-0.3, -0.25) is 0 Å². The Morgan fingerprint density at radius 2 is 1.10 bits per heavy atom. The van der Waals surface area contributed by atoms with Crippen molar-refractivity contribution in [2.45, 2.75) is 0 Å². The van der Waals surface area contributed by atoms with Crippen LogP contribution in [-0.4, -0.2) is 16.5 Å². The second-order valence-corrected chi connectivity index (χ2v) is 7.77. The van der Waals surface area contributed by atoms with Gasteiger partial charge in [0, 0.05) is 17.8 Å². The zero-order valence-corrected chi connectivity index (χ0v) is 17.9. The van der Waals surface area contributed by atoms with Crippen molar-refractivity contribution in [3.8, 4) is 0 Å². The third-order valence-corrected chi connectivity index (χ3v) is 6.02. The summed E-state index contributed by atoms with van der Waals surface area (Å²) in [5, 5.41) is 35.9. The van der Waals surface area contributed by atoms with Crippen LogP contribution in [0.2, 0.25) is 0 Å². The van der Waals surface area contributed by atoms with E-state index in [1.54, 1.807) is 0 Å². The number of rotatable bonds is 5. The predicted molar refractivity (Wildman–Crippen MR) is 113 cm³/mol. The molecule has 0 unspecified atom stereocenters. The Morgan fingerprint density at radius 3 is 1.47 bits per heavy atom. The van der Waals surface area contributed by atoms with Crippen LogP contribution in [0.15, 0.2) is 85.2 Å². The SMILES string of the molecule is O=[N+]([O-])[O-].O=[N+]([O-])[O-].[Ag+].c1ccc([PH+](CNc2cc[nH+]cc2)c2ccccc2)cc1. The normalized spacial score (nSPS) is 8.97. The van der Waals surface area contributed by atoms with Crippen LogP contribution >= 0.6 is 7.92 Å². The van der Waals surface area contributed by atoms with Crippen LogP contribution in [-0.2, 0) is 22.4 Å². The molecular weight excluding hydrogens is 507 g/mol. The van der Waals surface area contributed by atoms with Crippen molar-refractivity contribution >= 4 is 24.2 Å². The molecule has 3 rings (SSSR count). The molecule has 12 heteroatoms. The van der Waals surface area contributed by atoms with Gasteiger partial charge >= 0.3 is 22.4 Å². The Kier molecular flexibility index (Phi) is 14.2. The molecule has 2 aromatic carbocycles. The number of nitrogens with one attached hydrogen (secondary N) is 2. The molecule has 162 valence electrons. The summed E-state index contributed by atoms with van der Waals surface area (Å²) in [6.07, 6.45) is 4.86. The summed E-state index contributed by atoms with van der Waals surface area (Å²) in [6.45, 7) is 0. The summed E-state index contributed by atoms with van der Waals surface area (Å²) in [4.78, 5) is 19.6. The molecule has 0 aliphatic rings. The first-order chi connectivity index (χ1) is 13.9. The average molecular weight is 526 g/mol. The van der Waals surface area contributed by atoms with Crippen molar-refractivity contribution < 1.29 is 37.5 Å². The molecule has 3 aromatic rings. The summed E-state index contributed by atoms with van der Waals surface area (Å²) in [7, 11) is -0.819. The number of hydrogen-bond acceptors (Lipinski definition) is 7. The number of hydrogen-bond donors (Lipinski definition) is 1. The number of nitrogens with zero attached hydrogens (tertiary/aromatic N) is 2. The number of anilines is 1. The maximum Gasteiger partial charge on any atom is 1.00 e. The second-order valence-electron chi connectivity index (χ2n) is 5.30. The molecule has 30 heavy (non-hydrogen) atoms. The van der Waals surface area contributed by atoms with Crippen LogP contribution < -0.4 is 20.9 Å². The summed E-state index contributed by atoms with van der Waals surface area (Å²) in [5.41, 5.74) is 1.16. The van der Waals surface area contributed by atoms with E-state index in [9.17, 15) is 0 Å². The molecule has 2 N–H and O–H groups in total. The zero-order valence-electron chi connectivity index (χ0n) is 15.4. The zero-order chi connectivity index (χ0) is 21.5. The van der Waals surface area contributed by atoms with Crippen LogP contribution in [0.1, 0.15) is 0 Å². The predicted octanol–water partition coefficient (Wildman–Crippen LogP) is 2.25. The summed E-state index contributed by atoms with van der Waals surface area (Å²) < 4.78 is 0. The molecule has 1 aromatic heterocycles. The standard InChI is InChI=1S/C18H17N2P.Ag.2NO3/c1-3-7-17(8-4-1)21(18-9-5-2-6-10-18)15-20-16-11-13-19-14-12-16;;2*2-1(3)4/h1-14H,15H2,(H,19,20);;;/q;+1;2*-1/p+2. The van der Waals surface area contributed by atoms with E-state index in [2.05, 4.69) is 83.1 Å². The van der Waals surface area contributed by atoms with Crippen LogP contribution in [0.3, 0.4) is 0 Å². The van der Waals surface area contributed by atoms with Crippen molar-refractivity contribution in [2.24, 2.45) is 0 Å². The smallest absolute Gasteiger partial charge is 0.356 e. The maximum atomic E-state index is 8.25. The van der Waals surface area contributed by atoms with E-state index < -0.39 is 18.1 Å². The van der Waals surface area contributed by atoms with Gasteiger partial charge in [0.1, 0.15) is 6.29 Å². The van der Waals surface area contributed by atoms with Gasteiger partial charge in [0.05, 0.1) is 28.7 Å². The van der Waals surface area contributed by atoms with Gasteiger partial charge in [-0.05, 0) is 24.3 Å². The number of H-pyrrole nitrogens is 1. The van der Waals surface area contributed by atoms with Crippen molar-refractivity contribution in [1.29, 1.82) is 0 Å². The van der Waals surface area contributed by atoms with Crippen molar-refractivity contribution in [1.82, 2.24) is 0 Å². The molecule has 0 bridgehead atoms. The summed E-state index contributed by atoms with van der Waals surface area (Å²) in [6, 6.07) is 25.7. The first kappa shape index (κ1) is 27.0. The molecule has 0 amide bonds. The Balaban J connectivity index is 0.000000808. The molecule has 0 spiro atoms. The Morgan fingerprint density at radius 1 is 0.733 bits per heavy atom. The van der Waals surface area contributed by atoms with Gasteiger partial charge in [0.2, 0.25) is 0 Å². The van der Waals surface area contributed by atoms with Crippen molar-refractivity contribution in [2.75, 3.05) is 11.6 Å². The molecule has 0 atom stereocenters. The molecule has 0 saturated carbocycles. The largest absolute Gasteiger partial charge is 1.00 e. The van der Waals surface area contributed by atoms with Gasteiger partial charge in [-0.25, -0.2) is 4.98 Å². The number of aromatic amines is 1. The van der Waals surface area contributed by atoms with Crippen LogP contribution in [0.4, 0.5) is 5.69 Å². The quantitative estimate of drug-likeness (QED) is 0.231. The molecular formula is C18H19AgN4O6P+. The summed E-state index contributed by atoms with van der Waals surface area (Å²) >= 11 is 0. The molecule has 0 saturated heterocycles. The monoisotopic (exact) mass is 525 g/mol. The van der Waals surface area contributed by atoms with E-state index in [0.29, 0.717) is 0 Å². The van der Waals surface area contributed by atoms with E-state index in [4.69, 9.17) is 30.6 Å². The first-order valence-corrected chi connectivity index (χ1v) is 9.90. The van der Waals surface area contributed by atoms with Crippen molar-refractivity contribution in [3.05, 3.63) is 116 Å². The van der Waals surface area contributed by atoms with Gasteiger partial charge in [0.25, 0.3) is 0 Å². The van der Waals surface area contributed by atoms with E-state index in [0.717, 1.165) is 12.0 Å². The number of benzene rings is 2. The minimum atomic E-state index is -1.75. The third-order valence-electron chi connectivity index (χ3n) is 3.43. The molecule has 1 heterocycles. The fourth-order valence-electron chi connectivity index (χ4n) is 2.34. The van der Waals surface area contributed by atoms with Crippen LogP contribution in [0, 0.1) is 30.6 Å². The molecule has 0 aliphatic heterocycles. The Labute approximate surface area is 189 Å². The van der Waals surface area contributed by atoms with E-state index >= 15 is 0 Å². The second kappa shape index (κ2) is 15.8. The van der Waals surface area contributed by atoms with Gasteiger partial charge in [0.15, 0.2) is 12.4 Å². The van der Waals surface area contributed by atoms with Gasteiger partial charge < -0.3 is 36.0 Å². The fraction of sp³-hybridized carbons (Fsp3) is 0.0556. The third kappa shape index (κ3) is 12.4. The Bertz CT molecular complexity index is 803. The minimum absolute atomic E-state index is 0. The van der Waals surface area contributed by atoms with Crippen molar-refractivity contribution in [3.63, 3.8) is 0 Å².